The summed E-state index contributed by atoms with van der Waals surface area (Å²) in [7, 11) is 0. The standard InChI is InChI=1S/C23H22N6O2/c30-22(25-19-12-6-2-7-13-19)28-24-17-16-21(18-10-4-1-5-11-18)27-29-23(31)26-20-14-8-3-9-15-20/h1-15,17H,16H2,(H2,25,28,30)(H2,26,29,31)/b24-17-,27-21-. The number of hydrogen-bond acceptors (Lipinski definition) is 4. The number of nitrogens with one attached hydrogen (secondary N) is 4. The van der Waals surface area contributed by atoms with Crippen molar-refractivity contribution in [3.8, 4) is 0 Å². The Balaban J connectivity index is 1.57. The molecule has 0 atom stereocenters. The molecule has 0 aromatic heterocycles. The number of benzene rings is 3. The van der Waals surface area contributed by atoms with Crippen molar-refractivity contribution in [1.29, 1.82) is 0 Å². The first-order valence-electron chi connectivity index (χ1n) is 9.58. The Hall–Kier alpha value is -4.46. The summed E-state index contributed by atoms with van der Waals surface area (Å²) < 4.78 is 0. The summed E-state index contributed by atoms with van der Waals surface area (Å²) in [5, 5.41) is 13.5. The van der Waals surface area contributed by atoms with Crippen LogP contribution in [0.5, 0.6) is 0 Å². The molecular formula is C23H22N6O2. The Bertz CT molecular complexity index is 1040. The van der Waals surface area contributed by atoms with E-state index in [4.69, 9.17) is 0 Å². The smallest absolute Gasteiger partial charge is 0.307 e. The molecule has 4 N–H and O–H groups in total. The second kappa shape index (κ2) is 11.5. The van der Waals surface area contributed by atoms with Crippen molar-refractivity contribution in [2.45, 2.75) is 6.42 Å². The lowest BCUT2D eigenvalue weighted by molar-refractivity contribution is 0.252. The molecule has 156 valence electrons. The zero-order valence-electron chi connectivity index (χ0n) is 16.7. The fraction of sp³-hybridized carbons (Fsp3) is 0.0435. The van der Waals surface area contributed by atoms with Crippen LogP contribution in [0.3, 0.4) is 0 Å². The molecule has 0 radical (unpaired) electrons. The van der Waals surface area contributed by atoms with Crippen LogP contribution in [0, 0.1) is 0 Å². The predicted octanol–water partition coefficient (Wildman–Crippen LogP) is 4.41. The van der Waals surface area contributed by atoms with Crippen molar-refractivity contribution in [3.05, 3.63) is 96.6 Å². The van der Waals surface area contributed by atoms with Gasteiger partial charge in [-0.3, -0.25) is 0 Å². The van der Waals surface area contributed by atoms with Gasteiger partial charge in [-0.1, -0.05) is 66.7 Å². The van der Waals surface area contributed by atoms with Gasteiger partial charge in [-0.15, -0.1) is 0 Å². The van der Waals surface area contributed by atoms with Crippen LogP contribution in [0.2, 0.25) is 0 Å². The molecule has 0 unspecified atom stereocenters. The second-order valence-electron chi connectivity index (χ2n) is 6.30. The molecule has 3 aromatic carbocycles. The number of amides is 4. The van der Waals surface area contributed by atoms with Gasteiger partial charge in [-0.2, -0.15) is 10.2 Å². The molecule has 31 heavy (non-hydrogen) atoms. The summed E-state index contributed by atoms with van der Waals surface area (Å²) >= 11 is 0. The molecule has 0 saturated heterocycles. The van der Waals surface area contributed by atoms with Crippen LogP contribution in [0.15, 0.2) is 101 Å². The van der Waals surface area contributed by atoms with Gasteiger partial charge in [0.05, 0.1) is 5.71 Å². The van der Waals surface area contributed by atoms with Crippen LogP contribution in [0.4, 0.5) is 21.0 Å². The van der Waals surface area contributed by atoms with Gasteiger partial charge >= 0.3 is 12.1 Å². The molecule has 0 bridgehead atoms. The highest BCUT2D eigenvalue weighted by Crippen LogP contribution is 2.06. The lowest BCUT2D eigenvalue weighted by atomic mass is 10.1. The Morgan fingerprint density at radius 1 is 0.677 bits per heavy atom. The first-order valence-corrected chi connectivity index (χ1v) is 9.58. The van der Waals surface area contributed by atoms with E-state index in [1.54, 1.807) is 24.3 Å². The number of nitrogens with zero attached hydrogens (tertiary/aromatic N) is 2. The van der Waals surface area contributed by atoms with Crippen molar-refractivity contribution in [1.82, 2.24) is 10.9 Å². The normalized spacial score (nSPS) is 11.0. The van der Waals surface area contributed by atoms with Crippen LogP contribution < -0.4 is 21.5 Å². The molecule has 8 nitrogen and oxygen atoms in total. The largest absolute Gasteiger partial charge is 0.339 e. The average molecular weight is 414 g/mol. The minimum Gasteiger partial charge on any atom is -0.307 e. The van der Waals surface area contributed by atoms with Crippen LogP contribution in [0.25, 0.3) is 0 Å². The van der Waals surface area contributed by atoms with Crippen LogP contribution in [-0.4, -0.2) is 24.0 Å². The van der Waals surface area contributed by atoms with E-state index in [-0.39, 0.29) is 0 Å². The quantitative estimate of drug-likeness (QED) is 0.339. The van der Waals surface area contributed by atoms with Crippen molar-refractivity contribution in [3.63, 3.8) is 0 Å². The highest BCUT2D eigenvalue weighted by Gasteiger charge is 2.05. The van der Waals surface area contributed by atoms with E-state index in [1.807, 2.05) is 66.7 Å². The zero-order chi connectivity index (χ0) is 21.7. The third kappa shape index (κ3) is 7.47. The van der Waals surface area contributed by atoms with Crippen LogP contribution in [-0.2, 0) is 0 Å². The van der Waals surface area contributed by atoms with Crippen molar-refractivity contribution in [2.24, 2.45) is 10.2 Å². The molecule has 3 aromatic rings. The van der Waals surface area contributed by atoms with Gasteiger partial charge in [-0.25, -0.2) is 20.4 Å². The number of hydrazone groups is 2. The predicted molar refractivity (Wildman–Crippen MR) is 123 cm³/mol. The molecule has 0 aliphatic carbocycles. The minimum absolute atomic E-state index is 0.293. The number of hydrogen-bond donors (Lipinski definition) is 4. The van der Waals surface area contributed by atoms with Crippen molar-refractivity contribution >= 4 is 35.4 Å². The Kier molecular flexibility index (Phi) is 7.90. The topological polar surface area (TPSA) is 107 Å². The highest BCUT2D eigenvalue weighted by atomic mass is 16.2. The molecular weight excluding hydrogens is 392 g/mol. The van der Waals surface area contributed by atoms with Crippen LogP contribution in [0.1, 0.15) is 12.0 Å². The molecule has 0 fully saturated rings. The monoisotopic (exact) mass is 414 g/mol. The molecule has 0 aliphatic heterocycles. The highest BCUT2D eigenvalue weighted by molar-refractivity contribution is 6.08. The maximum atomic E-state index is 12.1. The van der Waals surface area contributed by atoms with E-state index in [0.717, 1.165) is 5.56 Å². The van der Waals surface area contributed by atoms with E-state index in [9.17, 15) is 9.59 Å². The SMILES string of the molecule is O=C(N/N=C\C/C(=N/NC(=O)Nc1ccccc1)c1ccccc1)Nc1ccccc1. The van der Waals surface area contributed by atoms with Gasteiger partial charge in [0.1, 0.15) is 0 Å². The first kappa shape index (κ1) is 21.3. The third-order valence-electron chi connectivity index (χ3n) is 4.00. The summed E-state index contributed by atoms with van der Waals surface area (Å²) in [6, 6.07) is 26.6. The molecule has 0 spiro atoms. The Morgan fingerprint density at radius 2 is 1.16 bits per heavy atom. The lowest BCUT2D eigenvalue weighted by Crippen LogP contribution is -2.26. The zero-order valence-corrected chi connectivity index (χ0v) is 16.7. The summed E-state index contributed by atoms with van der Waals surface area (Å²) in [4.78, 5) is 24.0. The van der Waals surface area contributed by atoms with Crippen molar-refractivity contribution in [2.75, 3.05) is 10.6 Å². The van der Waals surface area contributed by atoms with Crippen molar-refractivity contribution < 1.29 is 9.59 Å². The van der Waals surface area contributed by atoms with E-state index in [1.165, 1.54) is 6.21 Å². The van der Waals surface area contributed by atoms with Gasteiger partial charge in [0.2, 0.25) is 0 Å². The van der Waals surface area contributed by atoms with Gasteiger partial charge in [0.15, 0.2) is 0 Å². The van der Waals surface area contributed by atoms with E-state index < -0.39 is 12.1 Å². The molecule has 3 rings (SSSR count). The summed E-state index contributed by atoms with van der Waals surface area (Å²) in [6.07, 6.45) is 1.80. The number of urea groups is 2. The fourth-order valence-electron chi connectivity index (χ4n) is 2.57. The maximum Gasteiger partial charge on any atom is 0.339 e. The number of para-hydroxylation sites is 2. The Labute approximate surface area is 180 Å². The van der Waals surface area contributed by atoms with Gasteiger partial charge < -0.3 is 10.6 Å². The van der Waals surface area contributed by atoms with Crippen LogP contribution >= 0.6 is 0 Å². The first-order chi connectivity index (χ1) is 15.2. The molecule has 0 heterocycles. The van der Waals surface area contributed by atoms with E-state index in [0.29, 0.717) is 23.5 Å². The average Bonchev–Trinajstić information content (AvgIpc) is 2.80. The second-order valence-corrected chi connectivity index (χ2v) is 6.30. The lowest BCUT2D eigenvalue weighted by Gasteiger charge is -2.07. The molecule has 0 saturated carbocycles. The number of rotatable bonds is 7. The molecule has 0 aliphatic rings. The number of anilines is 2. The molecule has 4 amide bonds. The maximum absolute atomic E-state index is 12.1. The van der Waals surface area contributed by atoms with Gasteiger partial charge in [0, 0.05) is 24.0 Å². The summed E-state index contributed by atoms with van der Waals surface area (Å²) in [5.74, 6) is 0. The van der Waals surface area contributed by atoms with E-state index >= 15 is 0 Å². The summed E-state index contributed by atoms with van der Waals surface area (Å²) in [6.45, 7) is 0. The number of carbonyl (C=O) groups excluding carboxylic acids is 2. The van der Waals surface area contributed by atoms with E-state index in [2.05, 4.69) is 31.7 Å². The van der Waals surface area contributed by atoms with Gasteiger partial charge in [-0.05, 0) is 29.8 Å². The summed E-state index contributed by atoms with van der Waals surface area (Å²) in [5.41, 5.74) is 7.61. The molecule has 8 heteroatoms. The Morgan fingerprint density at radius 3 is 1.71 bits per heavy atom. The fourth-order valence-corrected chi connectivity index (χ4v) is 2.57. The van der Waals surface area contributed by atoms with Gasteiger partial charge in [0.25, 0.3) is 0 Å². The number of carbonyl (C=O) groups is 2. The minimum atomic E-state index is -0.461. The third-order valence-corrected chi connectivity index (χ3v) is 4.00.